The summed E-state index contributed by atoms with van der Waals surface area (Å²) in [5.74, 6) is 0.679. The maximum Gasteiger partial charge on any atom is 0.167 e. The van der Waals surface area contributed by atoms with E-state index in [0.29, 0.717) is 17.2 Å². The zero-order valence-corrected chi connectivity index (χ0v) is 11.3. The van der Waals surface area contributed by atoms with Gasteiger partial charge in [-0.2, -0.15) is 0 Å². The summed E-state index contributed by atoms with van der Waals surface area (Å²) in [7, 11) is 3.30. The second-order valence-electron chi connectivity index (χ2n) is 4.38. The molecule has 21 heavy (non-hydrogen) atoms. The minimum Gasteiger partial charge on any atom is -0.391 e. The molecule has 0 aliphatic carbocycles. The predicted molar refractivity (Wildman–Crippen MR) is 80.5 cm³/mol. The summed E-state index contributed by atoms with van der Waals surface area (Å²) in [6.45, 7) is 0. The molecular formula is C17H13N2O2. The third-order valence-corrected chi connectivity index (χ3v) is 3.01. The van der Waals surface area contributed by atoms with Crippen molar-refractivity contribution in [3.05, 3.63) is 85.1 Å². The molecule has 0 aliphatic rings. The van der Waals surface area contributed by atoms with Crippen molar-refractivity contribution in [1.82, 2.24) is 5.16 Å². The van der Waals surface area contributed by atoms with Crippen LogP contribution in [0.1, 0.15) is 11.3 Å². The molecule has 4 nitrogen and oxygen atoms in total. The fourth-order valence-corrected chi connectivity index (χ4v) is 2.03. The highest BCUT2D eigenvalue weighted by molar-refractivity contribution is 6.11. The molecule has 1 heterocycles. The van der Waals surface area contributed by atoms with Crippen LogP contribution in [0.5, 0.6) is 0 Å². The normalized spacial score (nSPS) is 11.4. The highest BCUT2D eigenvalue weighted by Gasteiger charge is 2.14. The lowest BCUT2D eigenvalue weighted by Gasteiger charge is -2.01. The molecule has 0 unspecified atom stereocenters. The van der Waals surface area contributed by atoms with Crippen LogP contribution < -0.4 is 0 Å². The molecule has 0 amide bonds. The highest BCUT2D eigenvalue weighted by atomic mass is 16.6. The van der Waals surface area contributed by atoms with Gasteiger partial charge in [-0.3, -0.25) is 0 Å². The Kier molecular flexibility index (Phi) is 3.78. The first-order valence-corrected chi connectivity index (χ1v) is 6.45. The Hall–Kier alpha value is -2.88. The summed E-state index contributed by atoms with van der Waals surface area (Å²) in [6.07, 6.45) is 0. The van der Waals surface area contributed by atoms with Crippen LogP contribution in [0.4, 0.5) is 0 Å². The number of rotatable bonds is 4. The molecule has 4 heteroatoms. The van der Waals surface area contributed by atoms with Gasteiger partial charge in [-0.25, -0.2) is 0 Å². The molecule has 0 N–H and O–H groups in total. The number of aromatic nitrogens is 1. The van der Waals surface area contributed by atoms with Gasteiger partial charge in [0.05, 0.1) is 0 Å². The summed E-state index contributed by atoms with van der Waals surface area (Å²) < 4.78 is 5.39. The Morgan fingerprint density at radius 1 is 1.00 bits per heavy atom. The molecule has 0 aliphatic heterocycles. The van der Waals surface area contributed by atoms with Crippen molar-refractivity contribution in [1.29, 1.82) is 0 Å². The second-order valence-corrected chi connectivity index (χ2v) is 4.38. The standard InChI is InChI=1S/C17H13N2O2/c1-20-19-17(14-10-6-3-7-11-14)15-12-16(21-18-15)13-8-4-2-5-9-13/h2-12H,1H2/b19-17-. The van der Waals surface area contributed by atoms with E-state index in [9.17, 15) is 0 Å². The summed E-state index contributed by atoms with van der Waals surface area (Å²) in [6, 6.07) is 21.2. The number of hydrogen-bond acceptors (Lipinski definition) is 4. The third-order valence-electron chi connectivity index (χ3n) is 3.01. The van der Waals surface area contributed by atoms with E-state index in [1.54, 1.807) is 0 Å². The molecule has 1 aromatic heterocycles. The predicted octanol–water partition coefficient (Wildman–Crippen LogP) is 3.90. The first-order chi connectivity index (χ1) is 10.4. The molecule has 0 saturated heterocycles. The van der Waals surface area contributed by atoms with E-state index < -0.39 is 0 Å². The van der Waals surface area contributed by atoms with Gasteiger partial charge in [0, 0.05) is 17.2 Å². The summed E-state index contributed by atoms with van der Waals surface area (Å²) in [5, 5.41) is 8.03. The van der Waals surface area contributed by atoms with E-state index in [2.05, 4.69) is 22.3 Å². The second kappa shape index (κ2) is 6.05. The zero-order chi connectivity index (χ0) is 14.5. The van der Waals surface area contributed by atoms with Crippen LogP contribution in [-0.4, -0.2) is 10.9 Å². The van der Waals surface area contributed by atoms with Crippen molar-refractivity contribution in [2.45, 2.75) is 0 Å². The molecule has 0 saturated carbocycles. The molecular weight excluding hydrogens is 264 g/mol. The molecule has 0 atom stereocenters. The van der Waals surface area contributed by atoms with Crippen LogP contribution in [0.2, 0.25) is 0 Å². The molecule has 0 fully saturated rings. The largest absolute Gasteiger partial charge is 0.391 e. The maximum absolute atomic E-state index is 5.39. The van der Waals surface area contributed by atoms with E-state index in [1.165, 1.54) is 0 Å². The summed E-state index contributed by atoms with van der Waals surface area (Å²) >= 11 is 0. The SMILES string of the molecule is [CH2]O/N=C(/c1ccccc1)c1cc(-c2ccccc2)on1. The lowest BCUT2D eigenvalue weighted by atomic mass is 10.1. The Bertz CT molecular complexity index is 734. The van der Waals surface area contributed by atoms with E-state index in [0.717, 1.165) is 11.1 Å². The maximum atomic E-state index is 5.39. The zero-order valence-electron chi connectivity index (χ0n) is 11.3. The molecule has 3 rings (SSSR count). The molecule has 103 valence electrons. The van der Waals surface area contributed by atoms with Crippen LogP contribution in [-0.2, 0) is 4.84 Å². The van der Waals surface area contributed by atoms with E-state index in [4.69, 9.17) is 4.52 Å². The Labute approximate surface area is 122 Å². The minimum atomic E-state index is 0.580. The number of hydrogen-bond donors (Lipinski definition) is 0. The van der Waals surface area contributed by atoms with Gasteiger partial charge in [-0.15, -0.1) is 0 Å². The molecule has 0 spiro atoms. The van der Waals surface area contributed by atoms with Crippen LogP contribution in [0, 0.1) is 7.11 Å². The fraction of sp³-hybridized carbons (Fsp3) is 0. The van der Waals surface area contributed by atoms with Gasteiger partial charge in [-0.05, 0) is 0 Å². The smallest absolute Gasteiger partial charge is 0.167 e. The van der Waals surface area contributed by atoms with Gasteiger partial charge in [0.15, 0.2) is 12.9 Å². The highest BCUT2D eigenvalue weighted by Crippen LogP contribution is 2.21. The van der Waals surface area contributed by atoms with Crippen molar-refractivity contribution in [3.63, 3.8) is 0 Å². The van der Waals surface area contributed by atoms with Gasteiger partial charge < -0.3 is 9.36 Å². The first kappa shape index (κ1) is 13.1. The van der Waals surface area contributed by atoms with Gasteiger partial charge >= 0.3 is 0 Å². The lowest BCUT2D eigenvalue weighted by molar-refractivity contribution is 0.260. The van der Waals surface area contributed by atoms with E-state index in [-0.39, 0.29) is 0 Å². The third kappa shape index (κ3) is 2.84. The number of oxime groups is 1. The average Bonchev–Trinajstić information content (AvgIpc) is 3.04. The summed E-state index contributed by atoms with van der Waals surface area (Å²) in [4.78, 5) is 4.68. The van der Waals surface area contributed by atoms with Crippen LogP contribution in [0.3, 0.4) is 0 Å². The molecule has 0 bridgehead atoms. The van der Waals surface area contributed by atoms with Gasteiger partial charge in [0.1, 0.15) is 11.4 Å². The van der Waals surface area contributed by atoms with Crippen LogP contribution in [0.25, 0.3) is 11.3 Å². The fourth-order valence-electron chi connectivity index (χ4n) is 2.03. The van der Waals surface area contributed by atoms with Crippen molar-refractivity contribution in [2.75, 3.05) is 0 Å². The van der Waals surface area contributed by atoms with Gasteiger partial charge in [0.25, 0.3) is 0 Å². The monoisotopic (exact) mass is 277 g/mol. The van der Waals surface area contributed by atoms with Gasteiger partial charge in [-0.1, -0.05) is 71.0 Å². The minimum absolute atomic E-state index is 0.580. The van der Waals surface area contributed by atoms with Crippen molar-refractivity contribution >= 4 is 5.71 Å². The average molecular weight is 277 g/mol. The molecule has 2 aromatic carbocycles. The Balaban J connectivity index is 1.99. The molecule has 1 radical (unpaired) electrons. The number of nitrogens with zero attached hydrogens (tertiary/aromatic N) is 2. The Morgan fingerprint density at radius 3 is 2.33 bits per heavy atom. The lowest BCUT2D eigenvalue weighted by Crippen LogP contribution is -2.03. The van der Waals surface area contributed by atoms with Crippen molar-refractivity contribution < 1.29 is 9.36 Å². The van der Waals surface area contributed by atoms with Crippen molar-refractivity contribution in [2.24, 2.45) is 5.16 Å². The molecule has 3 aromatic rings. The van der Waals surface area contributed by atoms with Crippen LogP contribution >= 0.6 is 0 Å². The van der Waals surface area contributed by atoms with Gasteiger partial charge in [0.2, 0.25) is 0 Å². The van der Waals surface area contributed by atoms with Crippen LogP contribution in [0.15, 0.2) is 76.4 Å². The van der Waals surface area contributed by atoms with E-state index in [1.807, 2.05) is 66.7 Å². The Morgan fingerprint density at radius 2 is 1.67 bits per heavy atom. The quantitative estimate of drug-likeness (QED) is 0.536. The van der Waals surface area contributed by atoms with Crippen molar-refractivity contribution in [3.8, 4) is 11.3 Å². The van der Waals surface area contributed by atoms with E-state index >= 15 is 0 Å². The number of benzene rings is 2. The first-order valence-electron chi connectivity index (χ1n) is 6.45. The summed E-state index contributed by atoms with van der Waals surface area (Å²) in [5.41, 5.74) is 3.02. The topological polar surface area (TPSA) is 47.6 Å².